The molecule has 1 atom stereocenters. The van der Waals surface area contributed by atoms with Crippen LogP contribution in [0.1, 0.15) is 6.42 Å². The second kappa shape index (κ2) is 6.56. The third-order valence-corrected chi connectivity index (χ3v) is 0.805. The molecule has 0 aliphatic carbocycles. The normalized spacial score (nSPS) is 11.1. The number of rotatable bonds is 3. The van der Waals surface area contributed by atoms with Crippen LogP contribution in [0.2, 0.25) is 0 Å². The summed E-state index contributed by atoms with van der Waals surface area (Å²) in [6, 6.07) is -1.24. The van der Waals surface area contributed by atoms with Crippen molar-refractivity contribution in [2.45, 2.75) is 12.5 Å². The van der Waals surface area contributed by atoms with E-state index >= 15 is 0 Å². The van der Waals surface area contributed by atoms with Gasteiger partial charge in [0.25, 0.3) is 0 Å². The fourth-order valence-electron chi connectivity index (χ4n) is 0.350. The Bertz CT molecular complexity index is 151. The van der Waals surface area contributed by atoms with Gasteiger partial charge in [-0.15, -0.1) is 0 Å². The SMILES string of the molecule is NOC(=O)C(N)CC(=O)[O-].[Na+]. The molecule has 0 aliphatic heterocycles. The number of carboxylic acid groups (broad SMARTS) is 1. The topological polar surface area (TPSA) is 118 Å². The molecule has 0 aromatic rings. The average Bonchev–Trinajstić information content (AvgIpc) is 1.85. The third kappa shape index (κ3) is 6.27. The Kier molecular flexibility index (Phi) is 8.02. The van der Waals surface area contributed by atoms with Gasteiger partial charge >= 0.3 is 35.5 Å². The van der Waals surface area contributed by atoms with Gasteiger partial charge in [0.15, 0.2) is 0 Å². The maximum atomic E-state index is 10.3. The molecule has 1 unspecified atom stereocenters. The molecular formula is C4H7N2NaO4. The van der Waals surface area contributed by atoms with Crippen molar-refractivity contribution in [1.82, 2.24) is 0 Å². The molecule has 0 heterocycles. The number of carbonyl (C=O) groups excluding carboxylic acids is 2. The van der Waals surface area contributed by atoms with Gasteiger partial charge in [-0.25, -0.2) is 4.79 Å². The van der Waals surface area contributed by atoms with Gasteiger partial charge in [-0.3, -0.25) is 0 Å². The molecule has 0 aromatic carbocycles. The maximum absolute atomic E-state index is 10.3. The molecule has 0 bridgehead atoms. The number of carbonyl (C=O) groups is 2. The predicted molar refractivity (Wildman–Crippen MR) is 27.9 cm³/mol. The van der Waals surface area contributed by atoms with Crippen LogP contribution in [0.3, 0.4) is 0 Å². The van der Waals surface area contributed by atoms with Crippen LogP contribution in [0, 0.1) is 0 Å². The fourth-order valence-corrected chi connectivity index (χ4v) is 0.350. The second-order valence-corrected chi connectivity index (χ2v) is 1.62. The second-order valence-electron chi connectivity index (χ2n) is 1.62. The van der Waals surface area contributed by atoms with Crippen molar-refractivity contribution >= 4 is 11.9 Å². The monoisotopic (exact) mass is 170 g/mol. The molecule has 58 valence electrons. The zero-order valence-corrected chi connectivity index (χ0v) is 8.07. The van der Waals surface area contributed by atoms with E-state index < -0.39 is 24.4 Å². The summed E-state index contributed by atoms with van der Waals surface area (Å²) in [5, 5.41) is 9.79. The standard InChI is InChI=1S/C4H8N2O4.Na/c5-2(1-3(7)8)4(9)10-6;/h2H,1,5-6H2,(H,7,8);/q;+1/p-1. The number of carboxylic acids is 1. The zero-order valence-electron chi connectivity index (χ0n) is 6.07. The van der Waals surface area contributed by atoms with Crippen LogP contribution >= 0.6 is 0 Å². The molecule has 0 aliphatic rings. The van der Waals surface area contributed by atoms with E-state index in [4.69, 9.17) is 5.73 Å². The van der Waals surface area contributed by atoms with Gasteiger partial charge < -0.3 is 20.5 Å². The minimum Gasteiger partial charge on any atom is -0.550 e. The molecule has 0 fully saturated rings. The maximum Gasteiger partial charge on any atom is 1.00 e. The van der Waals surface area contributed by atoms with E-state index in [1.165, 1.54) is 0 Å². The first-order valence-electron chi connectivity index (χ1n) is 2.44. The smallest absolute Gasteiger partial charge is 0.550 e. The summed E-state index contributed by atoms with van der Waals surface area (Å²) in [5.41, 5.74) is 4.95. The summed E-state index contributed by atoms with van der Waals surface area (Å²) in [4.78, 5) is 23.7. The van der Waals surface area contributed by atoms with Gasteiger partial charge in [0.2, 0.25) is 0 Å². The van der Waals surface area contributed by atoms with Crippen molar-refractivity contribution in [2.75, 3.05) is 0 Å². The van der Waals surface area contributed by atoms with Gasteiger partial charge in [-0.1, -0.05) is 0 Å². The fraction of sp³-hybridized carbons (Fsp3) is 0.500. The van der Waals surface area contributed by atoms with Crippen molar-refractivity contribution in [2.24, 2.45) is 11.6 Å². The first kappa shape index (κ1) is 13.4. The number of hydrogen-bond acceptors (Lipinski definition) is 6. The minimum absolute atomic E-state index is 0. The van der Waals surface area contributed by atoms with Crippen LogP contribution < -0.4 is 46.3 Å². The van der Waals surface area contributed by atoms with Crippen molar-refractivity contribution in [3.63, 3.8) is 0 Å². The van der Waals surface area contributed by atoms with E-state index in [1.807, 2.05) is 0 Å². The number of hydrogen-bond donors (Lipinski definition) is 2. The molecule has 0 saturated heterocycles. The number of nitrogens with two attached hydrogens (primary N) is 2. The molecule has 11 heavy (non-hydrogen) atoms. The first-order chi connectivity index (χ1) is 4.57. The molecule has 6 nitrogen and oxygen atoms in total. The summed E-state index contributed by atoms with van der Waals surface area (Å²) in [5.74, 6) is 2.02. The molecule has 0 radical (unpaired) electrons. The molecule has 0 saturated carbocycles. The molecular weight excluding hydrogens is 163 g/mol. The summed E-state index contributed by atoms with van der Waals surface area (Å²) >= 11 is 0. The first-order valence-corrected chi connectivity index (χ1v) is 2.44. The quantitative estimate of drug-likeness (QED) is 0.321. The summed E-state index contributed by atoms with van der Waals surface area (Å²) in [7, 11) is 0. The Morgan fingerprint density at radius 3 is 2.27 bits per heavy atom. The molecule has 0 amide bonds. The van der Waals surface area contributed by atoms with Crippen LogP contribution in [0.25, 0.3) is 0 Å². The van der Waals surface area contributed by atoms with Crippen LogP contribution in [-0.2, 0) is 14.4 Å². The van der Waals surface area contributed by atoms with Crippen molar-refractivity contribution in [1.29, 1.82) is 0 Å². The van der Waals surface area contributed by atoms with Crippen molar-refractivity contribution in [3.05, 3.63) is 0 Å². The van der Waals surface area contributed by atoms with E-state index in [9.17, 15) is 14.7 Å². The Balaban J connectivity index is 0. The largest absolute Gasteiger partial charge is 1.00 e. The van der Waals surface area contributed by atoms with Gasteiger partial charge in [-0.05, 0) is 0 Å². The van der Waals surface area contributed by atoms with Gasteiger partial charge in [0.05, 0.1) is 0 Å². The summed E-state index contributed by atoms with van der Waals surface area (Å²) < 4.78 is 0. The third-order valence-electron chi connectivity index (χ3n) is 0.805. The van der Waals surface area contributed by atoms with E-state index in [2.05, 4.69) is 10.7 Å². The van der Waals surface area contributed by atoms with Crippen molar-refractivity contribution < 1.29 is 49.1 Å². The summed E-state index contributed by atoms with van der Waals surface area (Å²) in [6.07, 6.45) is -0.587. The van der Waals surface area contributed by atoms with Crippen LogP contribution in [-0.4, -0.2) is 18.0 Å². The van der Waals surface area contributed by atoms with E-state index in [0.29, 0.717) is 0 Å². The molecule has 7 heteroatoms. The zero-order chi connectivity index (χ0) is 8.15. The van der Waals surface area contributed by atoms with Gasteiger partial charge in [0, 0.05) is 12.4 Å². The Labute approximate surface area is 85.1 Å². The van der Waals surface area contributed by atoms with Crippen LogP contribution in [0.4, 0.5) is 0 Å². The van der Waals surface area contributed by atoms with E-state index in [0.717, 1.165) is 0 Å². The van der Waals surface area contributed by atoms with Gasteiger partial charge in [0.1, 0.15) is 6.04 Å². The number of aliphatic carboxylic acids is 1. The summed E-state index contributed by atoms with van der Waals surface area (Å²) in [6.45, 7) is 0. The molecule has 0 rings (SSSR count). The van der Waals surface area contributed by atoms with Gasteiger partial charge in [-0.2, -0.15) is 5.90 Å². The van der Waals surface area contributed by atoms with E-state index in [-0.39, 0.29) is 29.6 Å². The van der Waals surface area contributed by atoms with E-state index in [1.54, 1.807) is 0 Å². The van der Waals surface area contributed by atoms with Crippen LogP contribution in [0.15, 0.2) is 0 Å². The van der Waals surface area contributed by atoms with Crippen molar-refractivity contribution in [3.8, 4) is 0 Å². The average molecular weight is 170 g/mol. The molecule has 0 spiro atoms. The molecule has 0 aromatic heterocycles. The Hall–Kier alpha value is -0.140. The Morgan fingerprint density at radius 2 is 2.00 bits per heavy atom. The predicted octanol–water partition coefficient (Wildman–Crippen LogP) is -6.13. The molecule has 4 N–H and O–H groups in total. The Morgan fingerprint density at radius 1 is 1.55 bits per heavy atom. The minimum atomic E-state index is -1.42. The van der Waals surface area contributed by atoms with Crippen LogP contribution in [0.5, 0.6) is 0 Å².